The summed E-state index contributed by atoms with van der Waals surface area (Å²) in [6.45, 7) is 6.24. The second-order valence-corrected chi connectivity index (χ2v) is 9.77. The smallest absolute Gasteiger partial charge is 0.255 e. The highest BCUT2D eigenvalue weighted by atomic mass is 16.5. The van der Waals surface area contributed by atoms with Crippen LogP contribution in [0.3, 0.4) is 0 Å². The van der Waals surface area contributed by atoms with E-state index in [0.717, 1.165) is 57.5 Å². The molecule has 1 saturated heterocycles. The summed E-state index contributed by atoms with van der Waals surface area (Å²) in [7, 11) is 0. The number of nitrogens with one attached hydrogen (secondary N) is 2. The van der Waals surface area contributed by atoms with E-state index in [9.17, 15) is 9.59 Å². The Hall–Kier alpha value is -2.08. The number of amides is 2. The zero-order valence-corrected chi connectivity index (χ0v) is 18.8. The number of carbonyl (C=O) groups is 2. The van der Waals surface area contributed by atoms with Crippen LogP contribution in [0.15, 0.2) is 24.3 Å². The molecule has 31 heavy (non-hydrogen) atoms. The SMILES string of the molecule is C[C@H]1COc2ccccc2C(=O)NCCCCCC2(CCN(CC3CC3)CC2)C(=O)N1. The first-order valence-electron chi connectivity index (χ1n) is 12.1. The number of fused-ring (bicyclic) bond motifs is 1. The first-order valence-corrected chi connectivity index (χ1v) is 12.1. The van der Waals surface area contributed by atoms with E-state index in [1.54, 1.807) is 6.07 Å². The highest BCUT2D eigenvalue weighted by Crippen LogP contribution is 2.39. The van der Waals surface area contributed by atoms with Gasteiger partial charge in [-0.25, -0.2) is 0 Å². The van der Waals surface area contributed by atoms with Crippen molar-refractivity contribution in [3.8, 4) is 5.75 Å². The second-order valence-electron chi connectivity index (χ2n) is 9.77. The number of hydrogen-bond acceptors (Lipinski definition) is 4. The molecule has 1 aromatic carbocycles. The van der Waals surface area contributed by atoms with Gasteiger partial charge in [-0.3, -0.25) is 9.59 Å². The molecular formula is C25H37N3O3. The fraction of sp³-hybridized carbons (Fsp3) is 0.680. The highest BCUT2D eigenvalue weighted by Gasteiger charge is 2.41. The number of hydrogen-bond donors (Lipinski definition) is 2. The van der Waals surface area contributed by atoms with Gasteiger partial charge in [-0.2, -0.15) is 0 Å². The van der Waals surface area contributed by atoms with Crippen LogP contribution < -0.4 is 15.4 Å². The third-order valence-corrected chi connectivity index (χ3v) is 7.12. The van der Waals surface area contributed by atoms with Gasteiger partial charge in [-0.15, -0.1) is 0 Å². The molecule has 1 saturated carbocycles. The molecule has 2 aliphatic heterocycles. The van der Waals surface area contributed by atoms with Crippen LogP contribution >= 0.6 is 0 Å². The lowest BCUT2D eigenvalue weighted by atomic mass is 9.73. The number of para-hydroxylation sites is 1. The van der Waals surface area contributed by atoms with Crippen molar-refractivity contribution in [1.29, 1.82) is 0 Å². The standard InChI is InChI=1S/C25H37N3O3/c1-19-18-31-22-8-4-3-7-21(22)23(29)26-14-6-2-5-11-25(24(30)27-19)12-15-28(16-13-25)17-20-9-10-20/h3-4,7-8,19-20H,2,5-6,9-18H2,1H3,(H,26,29)(H,27,30)/t19-/m0/s1. The molecule has 6 heteroatoms. The fourth-order valence-electron chi connectivity index (χ4n) is 4.90. The lowest BCUT2D eigenvalue weighted by Crippen LogP contribution is -2.51. The molecule has 1 aromatic rings. The normalized spacial score (nSPS) is 26.0. The molecule has 2 amide bonds. The van der Waals surface area contributed by atoms with E-state index in [2.05, 4.69) is 15.5 Å². The lowest BCUT2D eigenvalue weighted by molar-refractivity contribution is -0.135. The van der Waals surface area contributed by atoms with Crippen molar-refractivity contribution in [2.75, 3.05) is 32.8 Å². The number of rotatable bonds is 2. The Labute approximate surface area is 186 Å². The molecule has 0 unspecified atom stereocenters. The molecule has 0 radical (unpaired) electrons. The minimum atomic E-state index is -0.268. The fourth-order valence-corrected chi connectivity index (χ4v) is 4.90. The Bertz CT molecular complexity index is 769. The van der Waals surface area contributed by atoms with E-state index in [-0.39, 0.29) is 23.3 Å². The summed E-state index contributed by atoms with van der Waals surface area (Å²) in [6.07, 6.45) is 8.53. The molecule has 2 heterocycles. The Morgan fingerprint density at radius 3 is 2.61 bits per heavy atom. The molecule has 1 atom stereocenters. The van der Waals surface area contributed by atoms with Crippen LogP contribution in [0.5, 0.6) is 5.75 Å². The Morgan fingerprint density at radius 1 is 1.06 bits per heavy atom. The molecular weight excluding hydrogens is 390 g/mol. The summed E-state index contributed by atoms with van der Waals surface area (Å²) in [5.41, 5.74) is 0.283. The van der Waals surface area contributed by atoms with Gasteiger partial charge in [0.25, 0.3) is 5.91 Å². The number of nitrogens with zero attached hydrogens (tertiary/aromatic N) is 1. The Morgan fingerprint density at radius 2 is 1.84 bits per heavy atom. The molecule has 1 aliphatic carbocycles. The van der Waals surface area contributed by atoms with Gasteiger partial charge in [0.2, 0.25) is 5.91 Å². The summed E-state index contributed by atoms with van der Waals surface area (Å²) in [6, 6.07) is 7.21. The molecule has 2 N–H and O–H groups in total. The monoisotopic (exact) mass is 427 g/mol. The van der Waals surface area contributed by atoms with Crippen LogP contribution in [0, 0.1) is 11.3 Å². The van der Waals surface area contributed by atoms with E-state index < -0.39 is 0 Å². The van der Waals surface area contributed by atoms with Crippen molar-refractivity contribution >= 4 is 11.8 Å². The number of likely N-dealkylation sites (tertiary alicyclic amines) is 1. The van der Waals surface area contributed by atoms with E-state index >= 15 is 0 Å². The summed E-state index contributed by atoms with van der Waals surface area (Å²) in [4.78, 5) is 28.6. The lowest BCUT2D eigenvalue weighted by Gasteiger charge is -2.41. The van der Waals surface area contributed by atoms with Crippen LogP contribution in [0.4, 0.5) is 0 Å². The van der Waals surface area contributed by atoms with Crippen molar-refractivity contribution in [2.45, 2.75) is 64.3 Å². The molecule has 4 rings (SSSR count). The van der Waals surface area contributed by atoms with Crippen molar-refractivity contribution in [3.05, 3.63) is 29.8 Å². The summed E-state index contributed by atoms with van der Waals surface area (Å²) >= 11 is 0. The molecule has 0 bridgehead atoms. The van der Waals surface area contributed by atoms with E-state index in [0.29, 0.717) is 24.5 Å². The maximum atomic E-state index is 13.4. The van der Waals surface area contributed by atoms with Crippen LogP contribution in [0.1, 0.15) is 68.6 Å². The van der Waals surface area contributed by atoms with Crippen LogP contribution in [0.2, 0.25) is 0 Å². The van der Waals surface area contributed by atoms with E-state index in [1.165, 1.54) is 19.4 Å². The number of carbonyl (C=O) groups excluding carboxylic acids is 2. The van der Waals surface area contributed by atoms with Crippen molar-refractivity contribution in [2.24, 2.45) is 11.3 Å². The minimum Gasteiger partial charge on any atom is -0.491 e. The van der Waals surface area contributed by atoms with Crippen molar-refractivity contribution in [1.82, 2.24) is 15.5 Å². The maximum Gasteiger partial charge on any atom is 0.255 e. The predicted molar refractivity (Wildman–Crippen MR) is 121 cm³/mol. The molecule has 1 spiro atoms. The zero-order chi connectivity index (χ0) is 21.7. The number of benzene rings is 1. The van der Waals surface area contributed by atoms with Crippen molar-refractivity contribution < 1.29 is 14.3 Å². The van der Waals surface area contributed by atoms with Crippen LogP contribution in [-0.2, 0) is 4.79 Å². The van der Waals surface area contributed by atoms with Gasteiger partial charge < -0.3 is 20.3 Å². The first-order chi connectivity index (χ1) is 15.1. The quantitative estimate of drug-likeness (QED) is 0.759. The number of ether oxygens (including phenoxy) is 1. The maximum absolute atomic E-state index is 13.4. The third-order valence-electron chi connectivity index (χ3n) is 7.12. The topological polar surface area (TPSA) is 70.7 Å². The van der Waals surface area contributed by atoms with E-state index in [4.69, 9.17) is 4.74 Å². The van der Waals surface area contributed by atoms with Crippen molar-refractivity contribution in [3.63, 3.8) is 0 Å². The van der Waals surface area contributed by atoms with Gasteiger partial charge >= 0.3 is 0 Å². The third kappa shape index (κ3) is 5.79. The van der Waals surface area contributed by atoms with Gasteiger partial charge in [-0.05, 0) is 76.6 Å². The molecule has 0 aromatic heterocycles. The first kappa shape index (κ1) is 22.1. The summed E-state index contributed by atoms with van der Waals surface area (Å²) in [5, 5.41) is 6.26. The molecule has 170 valence electrons. The molecule has 2 fully saturated rings. The highest BCUT2D eigenvalue weighted by molar-refractivity contribution is 5.96. The van der Waals surface area contributed by atoms with E-state index in [1.807, 2.05) is 25.1 Å². The van der Waals surface area contributed by atoms with Crippen LogP contribution in [-0.4, -0.2) is 55.5 Å². The average Bonchev–Trinajstić information content (AvgIpc) is 3.59. The summed E-state index contributed by atoms with van der Waals surface area (Å²) < 4.78 is 5.95. The Kier molecular flexibility index (Phi) is 7.16. The van der Waals surface area contributed by atoms with Gasteiger partial charge in [-0.1, -0.05) is 25.0 Å². The Balaban J connectivity index is 1.43. The molecule has 3 aliphatic rings. The minimum absolute atomic E-state index is 0.0957. The largest absolute Gasteiger partial charge is 0.491 e. The number of piperidine rings is 1. The second kappa shape index (κ2) is 10.0. The molecule has 6 nitrogen and oxygen atoms in total. The van der Waals surface area contributed by atoms with Gasteiger partial charge in [0.1, 0.15) is 12.4 Å². The van der Waals surface area contributed by atoms with Gasteiger partial charge in [0, 0.05) is 13.1 Å². The predicted octanol–water partition coefficient (Wildman–Crippen LogP) is 3.37. The van der Waals surface area contributed by atoms with Gasteiger partial charge in [0.05, 0.1) is 17.0 Å². The zero-order valence-electron chi connectivity index (χ0n) is 18.8. The van der Waals surface area contributed by atoms with Crippen LogP contribution in [0.25, 0.3) is 0 Å². The average molecular weight is 428 g/mol. The summed E-state index contributed by atoms with van der Waals surface area (Å²) in [5.74, 6) is 1.55. The van der Waals surface area contributed by atoms with Gasteiger partial charge in [0.15, 0.2) is 0 Å².